The van der Waals surface area contributed by atoms with Gasteiger partial charge in [0.05, 0.1) is 25.1 Å². The number of imidazole rings is 1. The van der Waals surface area contributed by atoms with Crippen LogP contribution >= 0.6 is 7.29 Å². The molecule has 0 aliphatic rings. The molecule has 0 radical (unpaired) electrons. The van der Waals surface area contributed by atoms with Gasteiger partial charge in [-0.3, -0.25) is 4.79 Å². The van der Waals surface area contributed by atoms with Crippen LogP contribution in [0.3, 0.4) is 0 Å². The van der Waals surface area contributed by atoms with Crippen LogP contribution in [0.25, 0.3) is 11.2 Å². The number of nitrogens with two attached hydrogens (primary N) is 1. The van der Waals surface area contributed by atoms with Crippen molar-refractivity contribution in [3.63, 3.8) is 0 Å². The highest BCUT2D eigenvalue weighted by Gasteiger charge is 2.30. The molecular weight excluding hydrogens is 459 g/mol. The maximum absolute atomic E-state index is 13.7. The number of hydrogen-bond acceptors (Lipinski definition) is 9. The predicted octanol–water partition coefficient (Wildman–Crippen LogP) is 3.02. The molecule has 3 atom stereocenters. The molecule has 0 bridgehead atoms. The molecule has 3 N–H and O–H groups in total. The van der Waals surface area contributed by atoms with E-state index in [1.54, 1.807) is 43.8 Å². The molecule has 0 spiro atoms. The second-order valence-corrected chi connectivity index (χ2v) is 10.8. The van der Waals surface area contributed by atoms with Gasteiger partial charge in [0.15, 0.2) is 17.8 Å². The number of aromatic nitrogens is 4. The number of anilines is 1. The van der Waals surface area contributed by atoms with E-state index in [1.807, 2.05) is 25.1 Å². The summed E-state index contributed by atoms with van der Waals surface area (Å²) >= 11 is 0. The van der Waals surface area contributed by atoms with E-state index in [0.29, 0.717) is 29.3 Å². The number of nitrogen functional groups attached to an aromatic ring is 1. The molecule has 3 rings (SSSR count). The summed E-state index contributed by atoms with van der Waals surface area (Å²) in [5, 5.41) is 2.89. The van der Waals surface area contributed by atoms with Gasteiger partial charge in [-0.1, -0.05) is 18.2 Å². The zero-order valence-corrected chi connectivity index (χ0v) is 20.6. The lowest BCUT2D eigenvalue weighted by Gasteiger charge is -2.25. The molecule has 34 heavy (non-hydrogen) atoms. The molecule has 0 amide bonds. The van der Waals surface area contributed by atoms with Crippen LogP contribution in [-0.2, 0) is 25.4 Å². The van der Waals surface area contributed by atoms with Crippen molar-refractivity contribution in [3.05, 3.63) is 43.0 Å². The van der Waals surface area contributed by atoms with E-state index in [1.165, 1.54) is 6.33 Å². The lowest BCUT2D eigenvalue weighted by atomic mass is 10.3. The maximum atomic E-state index is 13.7. The van der Waals surface area contributed by atoms with Gasteiger partial charge in [0.2, 0.25) is 7.29 Å². The number of para-hydroxylation sites is 1. The first-order valence-electron chi connectivity index (χ1n) is 10.9. The lowest BCUT2D eigenvalue weighted by molar-refractivity contribution is -0.148. The van der Waals surface area contributed by atoms with E-state index in [-0.39, 0.29) is 24.9 Å². The number of fused-ring (bicyclic) bond motifs is 1. The monoisotopic (exact) mass is 490 g/mol. The van der Waals surface area contributed by atoms with Gasteiger partial charge in [-0.05, 0) is 39.8 Å². The number of rotatable bonds is 12. The summed E-state index contributed by atoms with van der Waals surface area (Å²) in [6, 6.07) is 8.23. The summed E-state index contributed by atoms with van der Waals surface area (Å²) < 4.78 is 32.4. The second kappa shape index (κ2) is 11.4. The van der Waals surface area contributed by atoms with Crippen molar-refractivity contribution in [1.29, 1.82) is 0 Å². The maximum Gasteiger partial charge on any atom is 0.323 e. The van der Waals surface area contributed by atoms with E-state index in [2.05, 4.69) is 20.0 Å². The van der Waals surface area contributed by atoms with Crippen LogP contribution in [0.1, 0.15) is 27.7 Å². The molecule has 1 unspecified atom stereocenters. The number of ether oxygens (including phenoxy) is 3. The van der Waals surface area contributed by atoms with E-state index in [9.17, 15) is 9.36 Å². The Morgan fingerprint density at radius 3 is 2.56 bits per heavy atom. The Hall–Kier alpha value is -3.01. The third-order valence-corrected chi connectivity index (χ3v) is 6.74. The van der Waals surface area contributed by atoms with Crippen molar-refractivity contribution < 1.29 is 23.6 Å². The molecule has 0 saturated carbocycles. The quantitative estimate of drug-likeness (QED) is 0.287. The normalized spacial score (nSPS) is 15.1. The molecule has 0 aliphatic carbocycles. The van der Waals surface area contributed by atoms with Gasteiger partial charge in [0.25, 0.3) is 0 Å². The Balaban J connectivity index is 1.67. The number of carbonyl (C=O) groups is 1. The van der Waals surface area contributed by atoms with Crippen molar-refractivity contribution >= 4 is 30.2 Å². The average molecular weight is 491 g/mol. The van der Waals surface area contributed by atoms with Gasteiger partial charge in [0.1, 0.15) is 30.0 Å². The van der Waals surface area contributed by atoms with Crippen LogP contribution in [-0.4, -0.2) is 56.4 Å². The van der Waals surface area contributed by atoms with Crippen LogP contribution in [0.15, 0.2) is 43.0 Å². The summed E-state index contributed by atoms with van der Waals surface area (Å²) in [6.07, 6.45) is 2.05. The van der Waals surface area contributed by atoms with Crippen molar-refractivity contribution in [2.45, 2.75) is 52.5 Å². The fourth-order valence-corrected chi connectivity index (χ4v) is 5.04. The zero-order valence-electron chi connectivity index (χ0n) is 19.7. The van der Waals surface area contributed by atoms with E-state index >= 15 is 0 Å². The molecule has 2 aromatic heterocycles. The predicted molar refractivity (Wildman–Crippen MR) is 129 cm³/mol. The largest absolute Gasteiger partial charge is 0.484 e. The number of esters is 1. The number of nitrogens with zero attached hydrogens (tertiary/aromatic N) is 4. The van der Waals surface area contributed by atoms with Crippen molar-refractivity contribution in [2.75, 3.05) is 18.4 Å². The van der Waals surface area contributed by atoms with Crippen LogP contribution < -0.4 is 15.6 Å². The molecule has 3 aromatic rings. The molecule has 0 fully saturated rings. The van der Waals surface area contributed by atoms with Crippen LogP contribution in [0.2, 0.25) is 0 Å². The Kier molecular flexibility index (Phi) is 8.60. The Bertz CT molecular complexity index is 1140. The lowest BCUT2D eigenvalue weighted by Crippen LogP contribution is -2.37. The first kappa shape index (κ1) is 25.6. The first-order valence-corrected chi connectivity index (χ1v) is 13.0. The second-order valence-electron chi connectivity index (χ2n) is 8.25. The summed E-state index contributed by atoms with van der Waals surface area (Å²) in [5.41, 5.74) is 6.94. The minimum atomic E-state index is -3.30. The molecule has 1 aromatic carbocycles. The molecule has 2 heterocycles. The zero-order chi connectivity index (χ0) is 24.7. The standard InChI is InChI=1S/C22H31N6O5P/c1-15(2)33-22(29)17(4)27-34(30,14-32-18-8-6-5-7-9-18)13-31-16(3)10-28-12-26-19-20(23)24-11-25-21(19)28/h5-9,11-12,15-17H,10,13-14H2,1-4H3,(H,27,30)(H2,23,24,25)/t16-,17+,34?/m1/s1. The number of benzene rings is 1. The minimum Gasteiger partial charge on any atom is -0.484 e. The van der Waals surface area contributed by atoms with Gasteiger partial charge >= 0.3 is 5.97 Å². The van der Waals surface area contributed by atoms with Gasteiger partial charge in [-0.15, -0.1) is 0 Å². The summed E-state index contributed by atoms with van der Waals surface area (Å²) in [4.78, 5) is 24.7. The van der Waals surface area contributed by atoms with E-state index in [0.717, 1.165) is 0 Å². The van der Waals surface area contributed by atoms with E-state index in [4.69, 9.17) is 19.9 Å². The molecule has 12 heteroatoms. The van der Waals surface area contributed by atoms with Crippen LogP contribution in [0.5, 0.6) is 5.75 Å². The Labute approximate surface area is 198 Å². The van der Waals surface area contributed by atoms with Crippen molar-refractivity contribution in [2.24, 2.45) is 0 Å². The molecule has 0 aliphatic heterocycles. The Morgan fingerprint density at radius 2 is 1.85 bits per heavy atom. The third kappa shape index (κ3) is 6.99. The highest BCUT2D eigenvalue weighted by molar-refractivity contribution is 7.61. The molecule has 11 nitrogen and oxygen atoms in total. The fraction of sp³-hybridized carbons (Fsp3) is 0.455. The number of carbonyl (C=O) groups excluding carboxylic acids is 1. The summed E-state index contributed by atoms with van der Waals surface area (Å²) in [7, 11) is -3.30. The van der Waals surface area contributed by atoms with Gasteiger partial charge < -0.3 is 29.1 Å². The fourth-order valence-electron chi connectivity index (χ4n) is 3.16. The van der Waals surface area contributed by atoms with Crippen LogP contribution in [0.4, 0.5) is 5.82 Å². The first-order chi connectivity index (χ1) is 16.2. The summed E-state index contributed by atoms with van der Waals surface area (Å²) in [6.45, 7) is 7.36. The topological polar surface area (TPSA) is 143 Å². The molecule has 184 valence electrons. The number of nitrogens with one attached hydrogen (secondary N) is 1. The molecule has 0 saturated heterocycles. The van der Waals surface area contributed by atoms with Gasteiger partial charge in [0, 0.05) is 0 Å². The Morgan fingerprint density at radius 1 is 1.12 bits per heavy atom. The van der Waals surface area contributed by atoms with Gasteiger partial charge in [-0.25, -0.2) is 20.0 Å². The third-order valence-electron chi connectivity index (χ3n) is 4.77. The number of hydrogen-bond donors (Lipinski definition) is 2. The highest BCUT2D eigenvalue weighted by atomic mass is 31.2. The van der Waals surface area contributed by atoms with Crippen molar-refractivity contribution in [1.82, 2.24) is 24.6 Å². The SMILES string of the molecule is CC(C)OC(=O)[C@H](C)NP(=O)(COc1ccccc1)CO[C@H](C)Cn1cnc2c(N)ncnc21. The highest BCUT2D eigenvalue weighted by Crippen LogP contribution is 2.42. The summed E-state index contributed by atoms with van der Waals surface area (Å²) in [5.74, 6) is 0.369. The minimum absolute atomic E-state index is 0.149. The van der Waals surface area contributed by atoms with E-state index < -0.39 is 19.3 Å². The van der Waals surface area contributed by atoms with Crippen LogP contribution in [0, 0.1) is 0 Å². The van der Waals surface area contributed by atoms with Gasteiger partial charge in [-0.2, -0.15) is 0 Å². The average Bonchev–Trinajstić information content (AvgIpc) is 3.21. The molecular formula is C22H31N6O5P. The smallest absolute Gasteiger partial charge is 0.323 e. The van der Waals surface area contributed by atoms with Crippen molar-refractivity contribution in [3.8, 4) is 5.75 Å².